The van der Waals surface area contributed by atoms with E-state index in [1.807, 2.05) is 47.0 Å². The van der Waals surface area contributed by atoms with Crippen LogP contribution in [0.3, 0.4) is 0 Å². The van der Waals surface area contributed by atoms with E-state index in [0.29, 0.717) is 0 Å². The van der Waals surface area contributed by atoms with Crippen LogP contribution in [0.2, 0.25) is 0 Å². The van der Waals surface area contributed by atoms with Crippen molar-refractivity contribution in [2.45, 2.75) is 25.4 Å². The second-order valence-electron chi connectivity index (χ2n) is 6.61. The van der Waals surface area contributed by atoms with Gasteiger partial charge >= 0.3 is 0 Å². The number of nitrogens with zero attached hydrogens (tertiary/aromatic N) is 6. The Hall–Kier alpha value is -2.15. The van der Waals surface area contributed by atoms with Crippen molar-refractivity contribution in [1.82, 2.24) is 29.1 Å². The minimum atomic E-state index is -0.108. The highest BCUT2D eigenvalue weighted by Crippen LogP contribution is 2.30. The number of aromatic nitrogens is 4. The molecule has 0 saturated carbocycles. The van der Waals surface area contributed by atoms with Gasteiger partial charge in [-0.05, 0) is 6.42 Å². The van der Waals surface area contributed by atoms with Crippen LogP contribution < -0.4 is 0 Å². The first-order valence-electron chi connectivity index (χ1n) is 8.10. The summed E-state index contributed by atoms with van der Waals surface area (Å²) in [5.41, 5.74) is 3.29. The molecule has 7 nitrogen and oxygen atoms in total. The lowest BCUT2D eigenvalue weighted by Crippen LogP contribution is -2.48. The fourth-order valence-electron chi connectivity index (χ4n) is 3.56. The van der Waals surface area contributed by atoms with Crippen LogP contribution in [0.4, 0.5) is 0 Å². The van der Waals surface area contributed by atoms with E-state index in [9.17, 15) is 4.79 Å². The third-order valence-corrected chi connectivity index (χ3v) is 4.84. The Labute approximate surface area is 135 Å². The summed E-state index contributed by atoms with van der Waals surface area (Å²) in [6, 6.07) is 0. The molecule has 4 heterocycles. The molecule has 122 valence electrons. The molecular weight excluding hydrogens is 292 g/mol. The summed E-state index contributed by atoms with van der Waals surface area (Å²) in [4.78, 5) is 21.6. The van der Waals surface area contributed by atoms with Gasteiger partial charge in [-0.3, -0.25) is 14.4 Å². The molecule has 4 rings (SSSR count). The molecule has 0 unspecified atom stereocenters. The molecule has 2 aromatic heterocycles. The van der Waals surface area contributed by atoms with Gasteiger partial charge in [0.25, 0.3) is 0 Å². The van der Waals surface area contributed by atoms with Crippen molar-refractivity contribution < 1.29 is 4.79 Å². The van der Waals surface area contributed by atoms with Gasteiger partial charge in [0.2, 0.25) is 5.91 Å². The fraction of sp³-hybridized carbons (Fsp3) is 0.562. The summed E-state index contributed by atoms with van der Waals surface area (Å²) < 4.78 is 3.83. The van der Waals surface area contributed by atoms with Gasteiger partial charge in [-0.15, -0.1) is 0 Å². The van der Waals surface area contributed by atoms with Gasteiger partial charge in [-0.2, -0.15) is 5.10 Å². The zero-order valence-corrected chi connectivity index (χ0v) is 13.6. The summed E-state index contributed by atoms with van der Waals surface area (Å²) in [6.07, 6.45) is 6.87. The van der Waals surface area contributed by atoms with E-state index in [4.69, 9.17) is 0 Å². The summed E-state index contributed by atoms with van der Waals surface area (Å²) in [7, 11) is 3.91. The van der Waals surface area contributed by atoms with Gasteiger partial charge in [0.05, 0.1) is 29.8 Å². The highest BCUT2D eigenvalue weighted by Gasteiger charge is 2.37. The largest absolute Gasteiger partial charge is 0.342 e. The first-order chi connectivity index (χ1) is 11.1. The highest BCUT2D eigenvalue weighted by molar-refractivity contribution is 5.84. The van der Waals surface area contributed by atoms with Crippen LogP contribution in [0.15, 0.2) is 18.7 Å². The lowest BCUT2D eigenvalue weighted by molar-refractivity contribution is -0.137. The van der Waals surface area contributed by atoms with E-state index in [1.54, 1.807) is 0 Å². The van der Waals surface area contributed by atoms with Gasteiger partial charge in [-0.1, -0.05) is 0 Å². The normalized spacial score (nSPS) is 21.1. The van der Waals surface area contributed by atoms with Crippen molar-refractivity contribution in [3.63, 3.8) is 0 Å². The van der Waals surface area contributed by atoms with Crippen molar-refractivity contribution in [2.24, 2.45) is 14.1 Å². The molecule has 2 aliphatic heterocycles. The standard InChI is InChI=1S/C16H22N6O/c1-19-11-17-14-10-21(8-12-6-18-20(2)7-12)9-13(15(14)19)16(23)22-4-3-5-22/h6-7,11,13H,3-5,8-10H2,1-2H3/t13-/m0/s1. The molecule has 0 spiro atoms. The Balaban J connectivity index is 1.59. The number of imidazole rings is 1. The average Bonchev–Trinajstić information content (AvgIpc) is 3.03. The van der Waals surface area contributed by atoms with Crippen molar-refractivity contribution in [3.05, 3.63) is 35.7 Å². The first-order valence-corrected chi connectivity index (χ1v) is 8.10. The van der Waals surface area contributed by atoms with Crippen LogP contribution in [0.25, 0.3) is 0 Å². The second-order valence-corrected chi connectivity index (χ2v) is 6.61. The Morgan fingerprint density at radius 3 is 2.83 bits per heavy atom. The zero-order valence-electron chi connectivity index (χ0n) is 13.6. The topological polar surface area (TPSA) is 59.2 Å². The lowest BCUT2D eigenvalue weighted by Gasteiger charge is -2.38. The minimum absolute atomic E-state index is 0.108. The van der Waals surface area contributed by atoms with Gasteiger partial charge in [0, 0.05) is 58.6 Å². The second kappa shape index (κ2) is 5.49. The van der Waals surface area contributed by atoms with Crippen molar-refractivity contribution >= 4 is 5.91 Å². The number of amides is 1. The predicted molar refractivity (Wildman–Crippen MR) is 84.5 cm³/mol. The quantitative estimate of drug-likeness (QED) is 0.827. The lowest BCUT2D eigenvalue weighted by atomic mass is 9.95. The van der Waals surface area contributed by atoms with E-state index in [0.717, 1.165) is 50.5 Å². The Morgan fingerprint density at radius 1 is 1.35 bits per heavy atom. The van der Waals surface area contributed by atoms with E-state index >= 15 is 0 Å². The molecule has 0 aromatic carbocycles. The SMILES string of the molecule is Cn1cc(CN2Cc3ncn(C)c3[C@@H](C(=O)N3CCC3)C2)cn1. The summed E-state index contributed by atoms with van der Waals surface area (Å²) >= 11 is 0. The van der Waals surface area contributed by atoms with Crippen LogP contribution in [0.5, 0.6) is 0 Å². The van der Waals surface area contributed by atoms with Crippen LogP contribution >= 0.6 is 0 Å². The van der Waals surface area contributed by atoms with Crippen molar-refractivity contribution in [3.8, 4) is 0 Å². The third-order valence-electron chi connectivity index (χ3n) is 4.84. The maximum Gasteiger partial charge on any atom is 0.233 e. The monoisotopic (exact) mass is 314 g/mol. The van der Waals surface area contributed by atoms with E-state index in [-0.39, 0.29) is 11.8 Å². The Bertz CT molecular complexity index is 729. The number of aryl methyl sites for hydroxylation is 2. The van der Waals surface area contributed by atoms with Gasteiger partial charge < -0.3 is 9.47 Å². The van der Waals surface area contributed by atoms with E-state index in [1.165, 1.54) is 5.56 Å². The molecular formula is C16H22N6O. The summed E-state index contributed by atoms with van der Waals surface area (Å²) in [5.74, 6) is 0.139. The van der Waals surface area contributed by atoms with Gasteiger partial charge in [0.15, 0.2) is 0 Å². The van der Waals surface area contributed by atoms with Gasteiger partial charge in [0.1, 0.15) is 0 Å². The van der Waals surface area contributed by atoms with Crippen LogP contribution in [-0.2, 0) is 32.0 Å². The number of fused-ring (bicyclic) bond motifs is 1. The number of hydrogen-bond acceptors (Lipinski definition) is 4. The minimum Gasteiger partial charge on any atom is -0.342 e. The molecule has 0 N–H and O–H groups in total. The number of likely N-dealkylation sites (tertiary alicyclic amines) is 1. The maximum absolute atomic E-state index is 12.8. The molecule has 7 heteroatoms. The average molecular weight is 314 g/mol. The molecule has 1 amide bonds. The molecule has 0 radical (unpaired) electrons. The molecule has 0 bridgehead atoms. The van der Waals surface area contributed by atoms with E-state index < -0.39 is 0 Å². The Morgan fingerprint density at radius 2 is 2.17 bits per heavy atom. The Kier molecular flexibility index (Phi) is 3.45. The van der Waals surface area contributed by atoms with Crippen LogP contribution in [-0.4, -0.2) is 54.7 Å². The summed E-state index contributed by atoms with van der Waals surface area (Å²) in [5, 5.41) is 4.23. The molecule has 2 aliphatic rings. The molecule has 1 saturated heterocycles. The van der Waals surface area contributed by atoms with Crippen LogP contribution in [0, 0.1) is 0 Å². The van der Waals surface area contributed by atoms with Crippen molar-refractivity contribution in [1.29, 1.82) is 0 Å². The zero-order chi connectivity index (χ0) is 16.0. The smallest absolute Gasteiger partial charge is 0.233 e. The third kappa shape index (κ3) is 2.55. The van der Waals surface area contributed by atoms with Crippen molar-refractivity contribution in [2.75, 3.05) is 19.6 Å². The molecule has 0 aliphatic carbocycles. The predicted octanol–water partition coefficient (Wildman–Crippen LogP) is 0.485. The van der Waals surface area contributed by atoms with Crippen LogP contribution in [0.1, 0.15) is 29.3 Å². The van der Waals surface area contributed by atoms with Gasteiger partial charge in [-0.25, -0.2) is 4.98 Å². The molecule has 1 atom stereocenters. The number of carbonyl (C=O) groups is 1. The molecule has 2 aromatic rings. The highest BCUT2D eigenvalue weighted by atomic mass is 16.2. The maximum atomic E-state index is 12.8. The number of rotatable bonds is 3. The number of hydrogen-bond donors (Lipinski definition) is 0. The molecule has 23 heavy (non-hydrogen) atoms. The van der Waals surface area contributed by atoms with E-state index in [2.05, 4.69) is 15.0 Å². The first kappa shape index (κ1) is 14.4. The molecule has 1 fully saturated rings. The fourth-order valence-corrected chi connectivity index (χ4v) is 3.56. The number of carbonyl (C=O) groups excluding carboxylic acids is 1. The summed E-state index contributed by atoms with van der Waals surface area (Å²) in [6.45, 7) is 4.12.